The van der Waals surface area contributed by atoms with Crippen LogP contribution in [0.1, 0.15) is 22.8 Å². The van der Waals surface area contributed by atoms with Crippen LogP contribution in [0.2, 0.25) is 15.1 Å². The molecular formula is C16H13Cl3O2. The van der Waals surface area contributed by atoms with Crippen molar-refractivity contribution in [2.24, 2.45) is 0 Å². The lowest BCUT2D eigenvalue weighted by Gasteiger charge is -2.15. The fourth-order valence-corrected chi connectivity index (χ4v) is 2.37. The molecule has 0 saturated carbocycles. The summed E-state index contributed by atoms with van der Waals surface area (Å²) >= 11 is 17.8. The van der Waals surface area contributed by atoms with Crippen molar-refractivity contribution < 1.29 is 9.53 Å². The van der Waals surface area contributed by atoms with E-state index in [0.29, 0.717) is 26.4 Å². The summed E-state index contributed by atoms with van der Waals surface area (Å²) in [5.74, 6) is 0.205. The van der Waals surface area contributed by atoms with Crippen LogP contribution in [0.15, 0.2) is 36.4 Å². The SMILES string of the molecule is Cc1ccc(C(=O)C(C)Oc2cc(Cl)c(Cl)cc2Cl)cc1. The molecule has 0 aromatic heterocycles. The number of hydrogen-bond acceptors (Lipinski definition) is 2. The predicted molar refractivity (Wildman–Crippen MR) is 87.1 cm³/mol. The first-order chi connectivity index (χ1) is 9.88. The van der Waals surface area contributed by atoms with Gasteiger partial charge >= 0.3 is 0 Å². The largest absolute Gasteiger partial charge is 0.481 e. The number of carbonyl (C=O) groups is 1. The highest BCUT2D eigenvalue weighted by molar-refractivity contribution is 6.43. The molecule has 0 N–H and O–H groups in total. The molecule has 110 valence electrons. The van der Waals surface area contributed by atoms with Crippen LogP contribution in [0.25, 0.3) is 0 Å². The van der Waals surface area contributed by atoms with Gasteiger partial charge in [0, 0.05) is 11.6 Å². The van der Waals surface area contributed by atoms with Gasteiger partial charge in [0.05, 0.1) is 15.1 Å². The normalized spacial score (nSPS) is 12.0. The maximum Gasteiger partial charge on any atom is 0.202 e. The molecule has 2 rings (SSSR count). The zero-order valence-corrected chi connectivity index (χ0v) is 13.8. The first kappa shape index (κ1) is 16.2. The average molecular weight is 344 g/mol. The smallest absolute Gasteiger partial charge is 0.202 e. The molecule has 5 heteroatoms. The average Bonchev–Trinajstić information content (AvgIpc) is 2.44. The molecule has 0 fully saturated rings. The van der Waals surface area contributed by atoms with Gasteiger partial charge in [0.15, 0.2) is 6.10 Å². The maximum absolute atomic E-state index is 12.3. The van der Waals surface area contributed by atoms with Gasteiger partial charge in [0.25, 0.3) is 0 Å². The summed E-state index contributed by atoms with van der Waals surface area (Å²) in [5, 5.41) is 0.977. The van der Waals surface area contributed by atoms with Crippen LogP contribution in [-0.2, 0) is 0 Å². The molecule has 0 saturated heterocycles. The van der Waals surface area contributed by atoms with Crippen LogP contribution in [0.5, 0.6) is 5.75 Å². The number of hydrogen-bond donors (Lipinski definition) is 0. The Balaban J connectivity index is 2.18. The maximum atomic E-state index is 12.3. The summed E-state index contributed by atoms with van der Waals surface area (Å²) in [6.45, 7) is 3.63. The molecule has 0 spiro atoms. The number of halogens is 3. The van der Waals surface area contributed by atoms with Crippen molar-refractivity contribution in [1.82, 2.24) is 0 Å². The van der Waals surface area contributed by atoms with E-state index in [1.165, 1.54) is 12.1 Å². The number of Topliss-reactive ketones (excluding diaryl/α,β-unsaturated/α-hetero) is 1. The lowest BCUT2D eigenvalue weighted by Crippen LogP contribution is -2.24. The van der Waals surface area contributed by atoms with E-state index in [9.17, 15) is 4.79 Å². The summed E-state index contributed by atoms with van der Waals surface area (Å²) in [5.41, 5.74) is 1.68. The number of carbonyl (C=O) groups excluding carboxylic acids is 1. The van der Waals surface area contributed by atoms with Crippen molar-refractivity contribution in [2.45, 2.75) is 20.0 Å². The number of ketones is 1. The third kappa shape index (κ3) is 3.91. The third-order valence-electron chi connectivity index (χ3n) is 2.98. The fourth-order valence-electron chi connectivity index (χ4n) is 1.79. The molecule has 0 bridgehead atoms. The second-order valence-corrected chi connectivity index (χ2v) is 5.91. The van der Waals surface area contributed by atoms with E-state index in [-0.39, 0.29) is 5.78 Å². The lowest BCUT2D eigenvalue weighted by atomic mass is 10.1. The van der Waals surface area contributed by atoms with Crippen molar-refractivity contribution in [3.63, 3.8) is 0 Å². The topological polar surface area (TPSA) is 26.3 Å². The van der Waals surface area contributed by atoms with E-state index < -0.39 is 6.10 Å². The Hall–Kier alpha value is -1.22. The van der Waals surface area contributed by atoms with Crippen LogP contribution >= 0.6 is 34.8 Å². The number of ether oxygens (including phenoxy) is 1. The number of aryl methyl sites for hydroxylation is 1. The first-order valence-corrected chi connectivity index (χ1v) is 7.44. The van der Waals surface area contributed by atoms with Crippen molar-refractivity contribution in [2.75, 3.05) is 0 Å². The number of benzene rings is 2. The highest BCUT2D eigenvalue weighted by Gasteiger charge is 2.18. The van der Waals surface area contributed by atoms with Gasteiger partial charge in [-0.25, -0.2) is 0 Å². The highest BCUT2D eigenvalue weighted by atomic mass is 35.5. The molecule has 1 atom stereocenters. The molecule has 0 aliphatic carbocycles. The third-order valence-corrected chi connectivity index (χ3v) is 4.00. The first-order valence-electron chi connectivity index (χ1n) is 6.30. The summed E-state index contributed by atoms with van der Waals surface area (Å²) < 4.78 is 5.60. The van der Waals surface area contributed by atoms with Crippen LogP contribution < -0.4 is 4.74 Å². The monoisotopic (exact) mass is 342 g/mol. The van der Waals surface area contributed by atoms with Gasteiger partial charge in [-0.05, 0) is 19.9 Å². The second kappa shape index (κ2) is 6.69. The van der Waals surface area contributed by atoms with E-state index in [4.69, 9.17) is 39.5 Å². The highest BCUT2D eigenvalue weighted by Crippen LogP contribution is 2.34. The zero-order valence-electron chi connectivity index (χ0n) is 11.5. The molecule has 0 aliphatic rings. The van der Waals surface area contributed by atoms with Gasteiger partial charge in [-0.15, -0.1) is 0 Å². The van der Waals surface area contributed by atoms with Crippen LogP contribution in [0.4, 0.5) is 0 Å². The Morgan fingerprint density at radius 1 is 1.00 bits per heavy atom. The van der Waals surface area contributed by atoms with Crippen LogP contribution in [-0.4, -0.2) is 11.9 Å². The minimum absolute atomic E-state index is 0.128. The van der Waals surface area contributed by atoms with E-state index in [2.05, 4.69) is 0 Å². The van der Waals surface area contributed by atoms with Gasteiger partial charge in [-0.3, -0.25) is 4.79 Å². The zero-order chi connectivity index (χ0) is 15.6. The minimum Gasteiger partial charge on any atom is -0.481 e. The van der Waals surface area contributed by atoms with Gasteiger partial charge in [0.2, 0.25) is 5.78 Å². The van der Waals surface area contributed by atoms with Gasteiger partial charge in [-0.1, -0.05) is 64.6 Å². The van der Waals surface area contributed by atoms with E-state index in [1.807, 2.05) is 19.1 Å². The minimum atomic E-state index is -0.678. The van der Waals surface area contributed by atoms with Crippen molar-refractivity contribution in [3.8, 4) is 5.75 Å². The fraction of sp³-hybridized carbons (Fsp3) is 0.188. The van der Waals surface area contributed by atoms with Crippen molar-refractivity contribution in [1.29, 1.82) is 0 Å². The molecule has 2 aromatic carbocycles. The van der Waals surface area contributed by atoms with Crippen LogP contribution in [0, 0.1) is 6.92 Å². The van der Waals surface area contributed by atoms with E-state index >= 15 is 0 Å². The predicted octanol–water partition coefficient (Wildman–Crippen LogP) is 5.61. The Bertz CT molecular complexity index is 666. The molecule has 21 heavy (non-hydrogen) atoms. The Kier molecular flexibility index (Phi) is 5.15. The second-order valence-electron chi connectivity index (χ2n) is 4.69. The molecule has 0 aliphatic heterocycles. The lowest BCUT2D eigenvalue weighted by molar-refractivity contribution is 0.0818. The molecule has 0 amide bonds. The molecule has 2 nitrogen and oxygen atoms in total. The Morgan fingerprint density at radius 2 is 1.57 bits per heavy atom. The van der Waals surface area contributed by atoms with Crippen molar-refractivity contribution in [3.05, 3.63) is 62.6 Å². The standard InChI is InChI=1S/C16H13Cl3O2/c1-9-3-5-11(6-4-9)16(20)10(2)21-15-8-13(18)12(17)7-14(15)19/h3-8,10H,1-2H3. The van der Waals surface area contributed by atoms with Gasteiger partial charge < -0.3 is 4.74 Å². The molecular weight excluding hydrogens is 331 g/mol. The summed E-state index contributed by atoms with van der Waals surface area (Å²) in [4.78, 5) is 12.3. The molecule has 1 unspecified atom stereocenters. The van der Waals surface area contributed by atoms with E-state index in [0.717, 1.165) is 5.56 Å². The van der Waals surface area contributed by atoms with Gasteiger partial charge in [-0.2, -0.15) is 0 Å². The molecule has 2 aromatic rings. The Morgan fingerprint density at radius 3 is 2.19 bits per heavy atom. The Labute approximate surface area is 138 Å². The summed E-state index contributed by atoms with van der Waals surface area (Å²) in [7, 11) is 0. The van der Waals surface area contributed by atoms with Crippen molar-refractivity contribution >= 4 is 40.6 Å². The van der Waals surface area contributed by atoms with Crippen LogP contribution in [0.3, 0.4) is 0 Å². The van der Waals surface area contributed by atoms with E-state index in [1.54, 1.807) is 19.1 Å². The number of rotatable bonds is 4. The quantitative estimate of drug-likeness (QED) is 0.533. The molecule has 0 heterocycles. The van der Waals surface area contributed by atoms with Gasteiger partial charge in [0.1, 0.15) is 5.75 Å². The molecule has 0 radical (unpaired) electrons. The summed E-state index contributed by atoms with van der Waals surface area (Å²) in [6, 6.07) is 10.3. The summed E-state index contributed by atoms with van der Waals surface area (Å²) in [6.07, 6.45) is -0.678.